The molecule has 0 saturated carbocycles. The van der Waals surface area contributed by atoms with Crippen molar-refractivity contribution in [1.82, 2.24) is 9.88 Å². The number of thiazole rings is 1. The number of ether oxygens (including phenoxy) is 1. The molecule has 7 heteroatoms. The number of benzene rings is 1. The summed E-state index contributed by atoms with van der Waals surface area (Å²) in [6, 6.07) is 5.32. The zero-order valence-corrected chi connectivity index (χ0v) is 19.2. The van der Waals surface area contributed by atoms with Crippen LogP contribution in [0, 0.1) is 5.92 Å². The van der Waals surface area contributed by atoms with Crippen molar-refractivity contribution in [2.75, 3.05) is 25.5 Å². The van der Waals surface area contributed by atoms with Crippen molar-refractivity contribution in [3.05, 3.63) is 38.8 Å². The number of amides is 1. The number of methoxy groups -OCH3 is 1. The van der Waals surface area contributed by atoms with Crippen LogP contribution < -0.4 is 10.1 Å². The van der Waals surface area contributed by atoms with Gasteiger partial charge in [-0.2, -0.15) is 0 Å². The molecule has 2 heterocycles. The fourth-order valence-electron chi connectivity index (χ4n) is 4.50. The van der Waals surface area contributed by atoms with Crippen molar-refractivity contribution in [2.45, 2.75) is 57.9 Å². The molecule has 1 N–H and O–H groups in total. The van der Waals surface area contributed by atoms with Crippen LogP contribution in [-0.2, 0) is 24.2 Å². The molecule has 1 amide bonds. The van der Waals surface area contributed by atoms with Gasteiger partial charge >= 0.3 is 0 Å². The van der Waals surface area contributed by atoms with E-state index in [4.69, 9.17) is 21.3 Å². The molecule has 2 aromatic rings. The molecule has 0 radical (unpaired) electrons. The van der Waals surface area contributed by atoms with Crippen LogP contribution >= 0.6 is 22.9 Å². The Labute approximate surface area is 187 Å². The largest absolute Gasteiger partial charge is 0.495 e. The Kier molecular flexibility index (Phi) is 7.28. The van der Waals surface area contributed by atoms with E-state index in [-0.39, 0.29) is 5.91 Å². The third-order valence-electron chi connectivity index (χ3n) is 6.07. The minimum Gasteiger partial charge on any atom is -0.495 e. The van der Waals surface area contributed by atoms with Crippen molar-refractivity contribution in [3.8, 4) is 5.75 Å². The highest BCUT2D eigenvalue weighted by Crippen LogP contribution is 2.30. The van der Waals surface area contributed by atoms with E-state index in [0.29, 0.717) is 28.8 Å². The number of nitrogens with one attached hydrogen (secondary N) is 1. The highest BCUT2D eigenvalue weighted by molar-refractivity contribution is 7.11. The van der Waals surface area contributed by atoms with Crippen LogP contribution in [0.2, 0.25) is 5.02 Å². The number of hydrogen-bond acceptors (Lipinski definition) is 5. The molecule has 1 aliphatic carbocycles. The molecule has 30 heavy (non-hydrogen) atoms. The molecular formula is C23H30ClN3O2S. The number of rotatable bonds is 7. The quantitative estimate of drug-likeness (QED) is 0.624. The zero-order chi connectivity index (χ0) is 20.9. The van der Waals surface area contributed by atoms with Gasteiger partial charge in [-0.25, -0.2) is 4.98 Å². The summed E-state index contributed by atoms with van der Waals surface area (Å²) in [6.07, 6.45) is 8.82. The van der Waals surface area contributed by atoms with E-state index in [0.717, 1.165) is 32.5 Å². The minimum absolute atomic E-state index is 0.0426. The summed E-state index contributed by atoms with van der Waals surface area (Å²) in [5, 5.41) is 4.73. The molecule has 2 aliphatic rings. The lowest BCUT2D eigenvalue weighted by Crippen LogP contribution is -2.35. The SMILES string of the molecule is COc1ccc(NC(=O)CC[C@H]2CCCN(Cc3nc4c(s3)CCCC4)C2)cc1Cl. The smallest absolute Gasteiger partial charge is 0.224 e. The van der Waals surface area contributed by atoms with E-state index in [1.54, 1.807) is 19.2 Å². The summed E-state index contributed by atoms with van der Waals surface area (Å²) in [5.74, 6) is 1.22. The molecule has 4 rings (SSSR count). The number of carbonyl (C=O) groups excluding carboxylic acids is 1. The first-order valence-corrected chi connectivity index (χ1v) is 12.1. The number of fused-ring (bicyclic) bond motifs is 1. The van der Waals surface area contributed by atoms with Gasteiger partial charge < -0.3 is 10.1 Å². The summed E-state index contributed by atoms with van der Waals surface area (Å²) in [7, 11) is 1.58. The fourth-order valence-corrected chi connectivity index (χ4v) is 5.95. The number of anilines is 1. The summed E-state index contributed by atoms with van der Waals surface area (Å²) in [5.41, 5.74) is 2.06. The van der Waals surface area contributed by atoms with Crippen LogP contribution in [0.25, 0.3) is 0 Å². The van der Waals surface area contributed by atoms with Gasteiger partial charge in [-0.15, -0.1) is 11.3 Å². The monoisotopic (exact) mass is 447 g/mol. The molecule has 0 bridgehead atoms. The molecule has 1 atom stereocenters. The van der Waals surface area contributed by atoms with Crippen LogP contribution in [0.1, 0.15) is 54.1 Å². The van der Waals surface area contributed by atoms with Gasteiger partial charge in [0.25, 0.3) is 0 Å². The lowest BCUT2D eigenvalue weighted by Gasteiger charge is -2.32. The third-order valence-corrected chi connectivity index (χ3v) is 7.50. The number of piperidine rings is 1. The van der Waals surface area contributed by atoms with Gasteiger partial charge in [-0.05, 0) is 75.6 Å². The summed E-state index contributed by atoms with van der Waals surface area (Å²) in [6.45, 7) is 3.16. The second-order valence-electron chi connectivity index (χ2n) is 8.36. The first-order valence-electron chi connectivity index (χ1n) is 10.9. The Morgan fingerprint density at radius 3 is 3.00 bits per heavy atom. The summed E-state index contributed by atoms with van der Waals surface area (Å²) >= 11 is 8.06. The molecule has 0 unspecified atom stereocenters. The standard InChI is InChI=1S/C23H30ClN3O2S/c1-29-20-10-9-17(13-18(20)24)25-22(28)11-8-16-5-4-12-27(14-16)15-23-26-19-6-2-3-7-21(19)30-23/h9-10,13,16H,2-8,11-12,14-15H2,1H3,(H,25,28)/t16-/m1/s1. The normalized spacial score (nSPS) is 19.3. The van der Waals surface area contributed by atoms with E-state index >= 15 is 0 Å². The lowest BCUT2D eigenvalue weighted by molar-refractivity contribution is -0.116. The number of likely N-dealkylation sites (tertiary alicyclic amines) is 1. The molecule has 0 spiro atoms. The molecule has 1 saturated heterocycles. The predicted octanol–water partition coefficient (Wildman–Crippen LogP) is 5.31. The molecule has 5 nitrogen and oxygen atoms in total. The highest BCUT2D eigenvalue weighted by Gasteiger charge is 2.23. The van der Waals surface area contributed by atoms with Crippen molar-refractivity contribution < 1.29 is 9.53 Å². The van der Waals surface area contributed by atoms with Gasteiger partial charge in [0.15, 0.2) is 0 Å². The molecular weight excluding hydrogens is 418 g/mol. The summed E-state index contributed by atoms with van der Waals surface area (Å²) < 4.78 is 5.15. The lowest BCUT2D eigenvalue weighted by atomic mass is 9.93. The number of aryl methyl sites for hydroxylation is 2. The van der Waals surface area contributed by atoms with Crippen molar-refractivity contribution in [2.24, 2.45) is 5.92 Å². The second kappa shape index (κ2) is 10.1. The minimum atomic E-state index is 0.0426. The van der Waals surface area contributed by atoms with E-state index < -0.39 is 0 Å². The van der Waals surface area contributed by atoms with Gasteiger partial charge in [0.05, 0.1) is 24.4 Å². The molecule has 1 fully saturated rings. The van der Waals surface area contributed by atoms with Gasteiger partial charge in [0.1, 0.15) is 10.8 Å². The van der Waals surface area contributed by atoms with Crippen molar-refractivity contribution in [1.29, 1.82) is 0 Å². The second-order valence-corrected chi connectivity index (χ2v) is 9.94. The Hall–Kier alpha value is -1.63. The highest BCUT2D eigenvalue weighted by atomic mass is 35.5. The van der Waals surface area contributed by atoms with Crippen LogP contribution in [0.5, 0.6) is 5.75 Å². The maximum absolute atomic E-state index is 12.4. The number of aromatic nitrogens is 1. The number of hydrogen-bond donors (Lipinski definition) is 1. The topological polar surface area (TPSA) is 54.5 Å². The zero-order valence-electron chi connectivity index (χ0n) is 17.6. The molecule has 1 aromatic heterocycles. The molecule has 1 aromatic carbocycles. The third kappa shape index (κ3) is 5.54. The van der Waals surface area contributed by atoms with E-state index in [9.17, 15) is 4.79 Å². The molecule has 1 aliphatic heterocycles. The van der Waals surface area contributed by atoms with Crippen LogP contribution in [0.15, 0.2) is 18.2 Å². The number of nitrogens with zero attached hydrogens (tertiary/aromatic N) is 2. The van der Waals surface area contributed by atoms with Crippen molar-refractivity contribution in [3.63, 3.8) is 0 Å². The van der Waals surface area contributed by atoms with Gasteiger partial charge in [-0.3, -0.25) is 9.69 Å². The average Bonchev–Trinajstić information content (AvgIpc) is 3.15. The van der Waals surface area contributed by atoms with Crippen LogP contribution in [-0.4, -0.2) is 36.0 Å². The first-order chi connectivity index (χ1) is 14.6. The predicted molar refractivity (Wildman–Crippen MR) is 123 cm³/mol. The first kappa shape index (κ1) is 21.6. The van der Waals surface area contributed by atoms with Crippen molar-refractivity contribution >= 4 is 34.5 Å². The van der Waals surface area contributed by atoms with Crippen LogP contribution in [0.3, 0.4) is 0 Å². The fraction of sp³-hybridized carbons (Fsp3) is 0.565. The number of carbonyl (C=O) groups is 1. The van der Waals surface area contributed by atoms with E-state index in [1.807, 2.05) is 17.4 Å². The molecule has 162 valence electrons. The van der Waals surface area contributed by atoms with Gasteiger partial charge in [0.2, 0.25) is 5.91 Å². The number of halogens is 1. The Balaban J connectivity index is 1.24. The Morgan fingerprint density at radius 2 is 2.20 bits per heavy atom. The average molecular weight is 448 g/mol. The van der Waals surface area contributed by atoms with Crippen LogP contribution in [0.4, 0.5) is 5.69 Å². The maximum atomic E-state index is 12.4. The van der Waals surface area contributed by atoms with Gasteiger partial charge in [0, 0.05) is 23.5 Å². The summed E-state index contributed by atoms with van der Waals surface area (Å²) in [4.78, 5) is 21.3. The van der Waals surface area contributed by atoms with Gasteiger partial charge in [-0.1, -0.05) is 11.6 Å². The maximum Gasteiger partial charge on any atom is 0.224 e. The van der Waals surface area contributed by atoms with E-state index in [2.05, 4.69) is 10.2 Å². The Morgan fingerprint density at radius 1 is 1.33 bits per heavy atom. The van der Waals surface area contributed by atoms with E-state index in [1.165, 1.54) is 47.7 Å². The Bertz CT molecular complexity index is 862.